The maximum atomic E-state index is 12.1. The lowest BCUT2D eigenvalue weighted by atomic mass is 10.1. The van der Waals surface area contributed by atoms with Crippen molar-refractivity contribution < 1.29 is 9.32 Å². The van der Waals surface area contributed by atoms with Crippen molar-refractivity contribution in [3.63, 3.8) is 0 Å². The number of carbonyl (C=O) groups is 1. The van der Waals surface area contributed by atoms with E-state index >= 15 is 0 Å². The number of anilines is 2. The predicted octanol–water partition coefficient (Wildman–Crippen LogP) is 3.99. The molecule has 1 aromatic carbocycles. The molecular formula is C17H15Cl2N5O2. The highest BCUT2D eigenvalue weighted by molar-refractivity contribution is 6.35. The summed E-state index contributed by atoms with van der Waals surface area (Å²) < 4.78 is 4.89. The molecule has 1 amide bonds. The van der Waals surface area contributed by atoms with Crippen molar-refractivity contribution in [2.75, 3.05) is 17.2 Å². The molecule has 134 valence electrons. The van der Waals surface area contributed by atoms with Crippen LogP contribution in [0.3, 0.4) is 0 Å². The SMILES string of the molecule is Cc1cc(NC(=O)c2cnc(NCCc3ccc(Cl)cc3Cl)nc2)no1. The van der Waals surface area contributed by atoms with Gasteiger partial charge in [0, 0.05) is 35.1 Å². The van der Waals surface area contributed by atoms with E-state index in [1.807, 2.05) is 6.07 Å². The fourth-order valence-corrected chi connectivity index (χ4v) is 2.69. The normalized spacial score (nSPS) is 10.6. The molecule has 0 bridgehead atoms. The molecule has 0 spiro atoms. The van der Waals surface area contributed by atoms with Crippen LogP contribution >= 0.6 is 23.2 Å². The van der Waals surface area contributed by atoms with Gasteiger partial charge in [-0.3, -0.25) is 4.79 Å². The largest absolute Gasteiger partial charge is 0.360 e. The Kier molecular flexibility index (Phi) is 5.70. The van der Waals surface area contributed by atoms with Crippen LogP contribution in [0.5, 0.6) is 0 Å². The zero-order valence-corrected chi connectivity index (χ0v) is 15.3. The first-order chi connectivity index (χ1) is 12.5. The minimum atomic E-state index is -0.363. The van der Waals surface area contributed by atoms with Crippen LogP contribution in [0.15, 0.2) is 41.2 Å². The Labute approximate surface area is 159 Å². The van der Waals surface area contributed by atoms with Gasteiger partial charge in [0.1, 0.15) is 5.76 Å². The lowest BCUT2D eigenvalue weighted by Gasteiger charge is -2.07. The van der Waals surface area contributed by atoms with Crippen LogP contribution in [0.2, 0.25) is 10.0 Å². The zero-order valence-electron chi connectivity index (χ0n) is 13.8. The van der Waals surface area contributed by atoms with E-state index in [1.165, 1.54) is 12.4 Å². The number of rotatable bonds is 6. The number of amides is 1. The van der Waals surface area contributed by atoms with Crippen molar-refractivity contribution >= 4 is 40.9 Å². The van der Waals surface area contributed by atoms with Crippen molar-refractivity contribution in [2.45, 2.75) is 13.3 Å². The minimum absolute atomic E-state index is 0.317. The molecule has 26 heavy (non-hydrogen) atoms. The molecule has 2 heterocycles. The van der Waals surface area contributed by atoms with E-state index in [2.05, 4.69) is 25.8 Å². The van der Waals surface area contributed by atoms with Gasteiger partial charge in [0.05, 0.1) is 5.56 Å². The summed E-state index contributed by atoms with van der Waals surface area (Å²) in [6.07, 6.45) is 3.56. The van der Waals surface area contributed by atoms with Crippen molar-refractivity contribution in [3.8, 4) is 0 Å². The molecule has 0 aliphatic carbocycles. The van der Waals surface area contributed by atoms with E-state index in [0.717, 1.165) is 5.56 Å². The number of carbonyl (C=O) groups excluding carboxylic acids is 1. The second-order valence-electron chi connectivity index (χ2n) is 5.48. The van der Waals surface area contributed by atoms with Gasteiger partial charge in [-0.15, -0.1) is 0 Å². The van der Waals surface area contributed by atoms with Crippen molar-refractivity contribution in [1.29, 1.82) is 0 Å². The summed E-state index contributed by atoms with van der Waals surface area (Å²) in [5.41, 5.74) is 1.29. The summed E-state index contributed by atoms with van der Waals surface area (Å²) in [5.74, 6) is 1.01. The predicted molar refractivity (Wildman–Crippen MR) is 99.9 cm³/mol. The number of hydrogen-bond acceptors (Lipinski definition) is 6. The second kappa shape index (κ2) is 8.16. The number of benzene rings is 1. The summed E-state index contributed by atoms with van der Waals surface area (Å²) in [7, 11) is 0. The summed E-state index contributed by atoms with van der Waals surface area (Å²) in [4.78, 5) is 20.3. The van der Waals surface area contributed by atoms with Gasteiger partial charge in [-0.05, 0) is 31.0 Å². The minimum Gasteiger partial charge on any atom is -0.360 e. The smallest absolute Gasteiger partial charge is 0.260 e. The maximum Gasteiger partial charge on any atom is 0.260 e. The average Bonchev–Trinajstić information content (AvgIpc) is 3.02. The standard InChI is InChI=1S/C17H15Cl2N5O2/c1-10-6-15(24-26-10)23-16(25)12-8-21-17(22-9-12)20-5-4-11-2-3-13(18)7-14(11)19/h2-3,6-9H,4-5H2,1H3,(H,20,21,22)(H,23,24,25). The Morgan fingerprint density at radius 2 is 1.96 bits per heavy atom. The molecule has 3 aromatic rings. The van der Waals surface area contributed by atoms with E-state index in [0.29, 0.717) is 46.1 Å². The summed E-state index contributed by atoms with van der Waals surface area (Å²) in [5, 5.41) is 10.6. The first-order valence-corrected chi connectivity index (χ1v) is 8.51. The summed E-state index contributed by atoms with van der Waals surface area (Å²) in [6, 6.07) is 7.00. The third-order valence-electron chi connectivity index (χ3n) is 3.48. The van der Waals surface area contributed by atoms with Gasteiger partial charge in [-0.25, -0.2) is 9.97 Å². The van der Waals surface area contributed by atoms with Crippen LogP contribution in [0.25, 0.3) is 0 Å². The average molecular weight is 392 g/mol. The van der Waals surface area contributed by atoms with Gasteiger partial charge in [0.2, 0.25) is 5.95 Å². The zero-order chi connectivity index (χ0) is 18.5. The molecule has 9 heteroatoms. The molecule has 0 unspecified atom stereocenters. The van der Waals surface area contributed by atoms with Crippen LogP contribution in [-0.4, -0.2) is 27.6 Å². The maximum absolute atomic E-state index is 12.1. The molecule has 2 N–H and O–H groups in total. The molecule has 0 radical (unpaired) electrons. The molecule has 3 rings (SSSR count). The summed E-state index contributed by atoms with van der Waals surface area (Å²) in [6.45, 7) is 2.33. The van der Waals surface area contributed by atoms with Gasteiger partial charge >= 0.3 is 0 Å². The number of nitrogens with zero attached hydrogens (tertiary/aromatic N) is 3. The van der Waals surface area contributed by atoms with Crippen LogP contribution < -0.4 is 10.6 Å². The van der Waals surface area contributed by atoms with Crippen molar-refractivity contribution in [3.05, 3.63) is 63.6 Å². The number of aromatic nitrogens is 3. The lowest BCUT2D eigenvalue weighted by molar-refractivity contribution is 0.102. The fraction of sp³-hybridized carbons (Fsp3) is 0.176. The second-order valence-corrected chi connectivity index (χ2v) is 6.33. The molecule has 0 aliphatic heterocycles. The third kappa shape index (κ3) is 4.71. The molecule has 0 saturated carbocycles. The molecule has 0 atom stereocenters. The quantitative estimate of drug-likeness (QED) is 0.659. The molecule has 0 fully saturated rings. The van der Waals surface area contributed by atoms with Crippen LogP contribution in [-0.2, 0) is 6.42 Å². The van der Waals surface area contributed by atoms with Crippen molar-refractivity contribution in [2.24, 2.45) is 0 Å². The molecule has 2 aromatic heterocycles. The number of hydrogen-bond donors (Lipinski definition) is 2. The number of halogens is 2. The highest BCUT2D eigenvalue weighted by atomic mass is 35.5. The molecule has 0 saturated heterocycles. The van der Waals surface area contributed by atoms with Crippen LogP contribution in [0.1, 0.15) is 21.7 Å². The first-order valence-electron chi connectivity index (χ1n) is 7.76. The van der Waals surface area contributed by atoms with E-state index in [-0.39, 0.29) is 5.91 Å². The number of aryl methyl sites for hydroxylation is 1. The summed E-state index contributed by atoms with van der Waals surface area (Å²) >= 11 is 12.0. The van der Waals surface area contributed by atoms with Crippen LogP contribution in [0, 0.1) is 6.92 Å². The molecular weight excluding hydrogens is 377 g/mol. The molecule has 7 nitrogen and oxygen atoms in total. The van der Waals surface area contributed by atoms with E-state index in [9.17, 15) is 4.79 Å². The van der Waals surface area contributed by atoms with Gasteiger partial charge in [0.15, 0.2) is 5.82 Å². The Morgan fingerprint density at radius 3 is 2.62 bits per heavy atom. The Balaban J connectivity index is 1.53. The highest BCUT2D eigenvalue weighted by Gasteiger charge is 2.10. The topological polar surface area (TPSA) is 92.9 Å². The Morgan fingerprint density at radius 1 is 1.19 bits per heavy atom. The van der Waals surface area contributed by atoms with Crippen LogP contribution in [0.4, 0.5) is 11.8 Å². The number of nitrogens with one attached hydrogen (secondary N) is 2. The fourth-order valence-electron chi connectivity index (χ4n) is 2.18. The third-order valence-corrected chi connectivity index (χ3v) is 4.06. The monoisotopic (exact) mass is 391 g/mol. The van der Waals surface area contributed by atoms with Gasteiger partial charge in [-0.2, -0.15) is 0 Å². The van der Waals surface area contributed by atoms with E-state index < -0.39 is 0 Å². The van der Waals surface area contributed by atoms with Gasteiger partial charge < -0.3 is 15.2 Å². The Hall–Kier alpha value is -2.64. The first kappa shape index (κ1) is 18.2. The van der Waals surface area contributed by atoms with Gasteiger partial charge in [0.25, 0.3) is 5.91 Å². The molecule has 0 aliphatic rings. The Bertz CT molecular complexity index is 912. The highest BCUT2D eigenvalue weighted by Crippen LogP contribution is 2.21. The van der Waals surface area contributed by atoms with E-state index in [4.69, 9.17) is 27.7 Å². The lowest BCUT2D eigenvalue weighted by Crippen LogP contribution is -2.14. The van der Waals surface area contributed by atoms with E-state index in [1.54, 1.807) is 25.1 Å². The van der Waals surface area contributed by atoms with Gasteiger partial charge in [-0.1, -0.05) is 34.4 Å². The van der Waals surface area contributed by atoms with Crippen molar-refractivity contribution in [1.82, 2.24) is 15.1 Å².